The number of carbonyl (C=O) groups is 1. The van der Waals surface area contributed by atoms with E-state index < -0.39 is 12.0 Å². The molecule has 4 nitrogen and oxygen atoms in total. The van der Waals surface area contributed by atoms with Crippen LogP contribution in [0.5, 0.6) is 0 Å². The lowest BCUT2D eigenvalue weighted by atomic mass is 10.1. The third kappa shape index (κ3) is 3.37. The number of halogens is 1. The van der Waals surface area contributed by atoms with Crippen LogP contribution in [0, 0.1) is 0 Å². The van der Waals surface area contributed by atoms with Crippen molar-refractivity contribution in [1.82, 2.24) is 4.98 Å². The van der Waals surface area contributed by atoms with Crippen molar-refractivity contribution in [2.45, 2.75) is 12.5 Å². The summed E-state index contributed by atoms with van der Waals surface area (Å²) in [6.45, 7) is 0. The second-order valence-electron chi connectivity index (χ2n) is 4.85. The van der Waals surface area contributed by atoms with Gasteiger partial charge in [-0.3, -0.25) is 0 Å². The van der Waals surface area contributed by atoms with Crippen LogP contribution in [-0.4, -0.2) is 22.1 Å². The van der Waals surface area contributed by atoms with Crippen LogP contribution < -0.4 is 5.32 Å². The first kappa shape index (κ1) is 14.8. The molecular formula is C16H13ClN2O2S. The minimum atomic E-state index is -0.908. The maximum Gasteiger partial charge on any atom is 0.326 e. The highest BCUT2D eigenvalue weighted by molar-refractivity contribution is 7.22. The van der Waals surface area contributed by atoms with Gasteiger partial charge < -0.3 is 10.4 Å². The predicted molar refractivity (Wildman–Crippen MR) is 89.8 cm³/mol. The van der Waals surface area contributed by atoms with Gasteiger partial charge in [-0.2, -0.15) is 0 Å². The van der Waals surface area contributed by atoms with E-state index in [-0.39, 0.29) is 0 Å². The fourth-order valence-electron chi connectivity index (χ4n) is 2.14. The quantitative estimate of drug-likeness (QED) is 0.739. The highest BCUT2D eigenvalue weighted by atomic mass is 35.5. The Morgan fingerprint density at radius 2 is 1.95 bits per heavy atom. The molecule has 1 aromatic heterocycles. The van der Waals surface area contributed by atoms with Gasteiger partial charge in [-0.1, -0.05) is 47.2 Å². The number of nitrogens with one attached hydrogen (secondary N) is 1. The highest BCUT2D eigenvalue weighted by Gasteiger charge is 2.19. The number of benzene rings is 2. The topological polar surface area (TPSA) is 62.2 Å². The maximum atomic E-state index is 11.5. The molecule has 0 aliphatic rings. The third-order valence-electron chi connectivity index (χ3n) is 3.24. The van der Waals surface area contributed by atoms with Crippen molar-refractivity contribution < 1.29 is 9.90 Å². The Morgan fingerprint density at radius 1 is 1.23 bits per heavy atom. The lowest BCUT2D eigenvalue weighted by molar-refractivity contribution is -0.137. The first-order valence-corrected chi connectivity index (χ1v) is 7.90. The van der Waals surface area contributed by atoms with Gasteiger partial charge in [0.25, 0.3) is 0 Å². The molecule has 6 heteroatoms. The zero-order valence-electron chi connectivity index (χ0n) is 11.5. The number of carboxylic acid groups (broad SMARTS) is 1. The van der Waals surface area contributed by atoms with Crippen molar-refractivity contribution in [2.24, 2.45) is 0 Å². The smallest absolute Gasteiger partial charge is 0.326 e. The molecule has 0 fully saturated rings. The first-order valence-electron chi connectivity index (χ1n) is 6.71. The second-order valence-corrected chi connectivity index (χ2v) is 6.32. The average Bonchev–Trinajstić information content (AvgIpc) is 2.91. The van der Waals surface area contributed by atoms with E-state index in [9.17, 15) is 9.90 Å². The summed E-state index contributed by atoms with van der Waals surface area (Å²) >= 11 is 7.29. The molecule has 0 spiro atoms. The summed E-state index contributed by atoms with van der Waals surface area (Å²) < 4.78 is 1.03. The summed E-state index contributed by atoms with van der Waals surface area (Å²) in [5, 5.41) is 13.7. The molecule has 0 saturated heterocycles. The van der Waals surface area contributed by atoms with E-state index in [0.29, 0.717) is 16.6 Å². The Morgan fingerprint density at radius 3 is 2.64 bits per heavy atom. The van der Waals surface area contributed by atoms with Crippen molar-refractivity contribution in [3.8, 4) is 0 Å². The van der Waals surface area contributed by atoms with Gasteiger partial charge in [-0.25, -0.2) is 9.78 Å². The number of nitrogens with zero attached hydrogens (tertiary/aromatic N) is 1. The number of anilines is 1. The molecule has 0 saturated carbocycles. The van der Waals surface area contributed by atoms with Crippen LogP contribution >= 0.6 is 22.9 Å². The largest absolute Gasteiger partial charge is 0.480 e. The van der Waals surface area contributed by atoms with E-state index in [1.54, 1.807) is 12.1 Å². The van der Waals surface area contributed by atoms with Gasteiger partial charge in [0, 0.05) is 11.4 Å². The van der Waals surface area contributed by atoms with Crippen molar-refractivity contribution in [2.75, 3.05) is 5.32 Å². The fraction of sp³-hybridized carbons (Fsp3) is 0.125. The van der Waals surface area contributed by atoms with E-state index in [4.69, 9.17) is 11.6 Å². The van der Waals surface area contributed by atoms with Crippen molar-refractivity contribution in [1.29, 1.82) is 0 Å². The highest BCUT2D eigenvalue weighted by Crippen LogP contribution is 2.26. The maximum absolute atomic E-state index is 11.5. The lowest BCUT2D eigenvalue weighted by Gasteiger charge is -2.13. The molecule has 0 radical (unpaired) electrons. The summed E-state index contributed by atoms with van der Waals surface area (Å²) in [5.74, 6) is -0.908. The minimum absolute atomic E-state index is 0.364. The number of thiazole rings is 1. The molecule has 2 N–H and O–H groups in total. The van der Waals surface area contributed by atoms with E-state index in [0.717, 1.165) is 15.8 Å². The normalized spacial score (nSPS) is 12.2. The predicted octanol–water partition coefficient (Wildman–Crippen LogP) is 4.06. The van der Waals surface area contributed by atoms with Crippen LogP contribution in [0.4, 0.5) is 5.13 Å². The molecule has 112 valence electrons. The number of aliphatic carboxylic acids is 1. The van der Waals surface area contributed by atoms with Gasteiger partial charge in [-0.15, -0.1) is 0 Å². The SMILES string of the molecule is O=C(O)C(Cc1ccc(Cl)cc1)Nc1nc2ccccc2s1. The Balaban J connectivity index is 1.79. The standard InChI is InChI=1S/C16H13ClN2O2S/c17-11-7-5-10(6-8-11)9-13(15(20)21)19-16-18-12-3-1-2-4-14(12)22-16/h1-8,13H,9H2,(H,18,19)(H,20,21). The fourth-order valence-corrected chi connectivity index (χ4v) is 3.18. The molecular weight excluding hydrogens is 320 g/mol. The van der Waals surface area contributed by atoms with Gasteiger partial charge in [0.1, 0.15) is 6.04 Å². The number of hydrogen-bond donors (Lipinski definition) is 2. The zero-order valence-corrected chi connectivity index (χ0v) is 13.1. The van der Waals surface area contributed by atoms with Crippen molar-refractivity contribution >= 4 is 44.3 Å². The molecule has 0 amide bonds. The summed E-state index contributed by atoms with van der Waals surface area (Å²) in [6, 6.07) is 14.2. The summed E-state index contributed by atoms with van der Waals surface area (Å²) in [5.41, 5.74) is 1.77. The van der Waals surface area contributed by atoms with Crippen molar-refractivity contribution in [3.63, 3.8) is 0 Å². The Labute approximate surface area is 136 Å². The average molecular weight is 333 g/mol. The number of para-hydroxylation sites is 1. The number of carboxylic acids is 1. The van der Waals surface area contributed by atoms with Gasteiger partial charge in [0.15, 0.2) is 5.13 Å². The van der Waals surface area contributed by atoms with Gasteiger partial charge in [0.2, 0.25) is 0 Å². The van der Waals surface area contributed by atoms with Gasteiger partial charge in [0.05, 0.1) is 10.2 Å². The van der Waals surface area contributed by atoms with Gasteiger partial charge in [-0.05, 0) is 29.8 Å². The monoisotopic (exact) mass is 332 g/mol. The van der Waals surface area contributed by atoms with Gasteiger partial charge >= 0.3 is 5.97 Å². The Hall–Kier alpha value is -2.11. The summed E-state index contributed by atoms with van der Waals surface area (Å²) in [6.07, 6.45) is 0.364. The Kier molecular flexibility index (Phi) is 4.27. The summed E-state index contributed by atoms with van der Waals surface area (Å²) in [7, 11) is 0. The molecule has 2 aromatic carbocycles. The van der Waals surface area contributed by atoms with Crippen LogP contribution in [0.15, 0.2) is 48.5 Å². The number of hydrogen-bond acceptors (Lipinski definition) is 4. The van der Waals surface area contributed by atoms with Crippen LogP contribution in [0.2, 0.25) is 5.02 Å². The second kappa shape index (κ2) is 6.34. The minimum Gasteiger partial charge on any atom is -0.480 e. The van der Waals surface area contributed by atoms with Crippen LogP contribution in [0.25, 0.3) is 10.2 Å². The molecule has 1 unspecified atom stereocenters. The molecule has 1 atom stereocenters. The van der Waals surface area contributed by atoms with E-state index >= 15 is 0 Å². The molecule has 0 bridgehead atoms. The van der Waals surface area contributed by atoms with E-state index in [2.05, 4.69) is 10.3 Å². The molecule has 3 aromatic rings. The number of aromatic nitrogens is 1. The Bertz CT molecular complexity index is 768. The molecule has 1 heterocycles. The summed E-state index contributed by atoms with van der Waals surface area (Å²) in [4.78, 5) is 15.9. The first-order chi connectivity index (χ1) is 10.6. The third-order valence-corrected chi connectivity index (χ3v) is 4.46. The lowest BCUT2D eigenvalue weighted by Crippen LogP contribution is -2.31. The van der Waals surface area contributed by atoms with E-state index in [1.807, 2.05) is 36.4 Å². The van der Waals surface area contributed by atoms with Crippen LogP contribution in [0.1, 0.15) is 5.56 Å². The molecule has 22 heavy (non-hydrogen) atoms. The number of fused-ring (bicyclic) bond motifs is 1. The van der Waals surface area contributed by atoms with E-state index in [1.165, 1.54) is 11.3 Å². The molecule has 0 aliphatic heterocycles. The molecule has 3 rings (SSSR count). The zero-order chi connectivity index (χ0) is 15.5. The van der Waals surface area contributed by atoms with Crippen molar-refractivity contribution in [3.05, 3.63) is 59.1 Å². The molecule has 0 aliphatic carbocycles. The van der Waals surface area contributed by atoms with Crippen LogP contribution in [-0.2, 0) is 11.2 Å². The van der Waals surface area contributed by atoms with Crippen LogP contribution in [0.3, 0.4) is 0 Å². The number of rotatable bonds is 5.